The number of aromatic carboxylic acids is 1. The number of rotatable bonds is 5. The molecule has 0 saturated carbocycles. The zero-order valence-electron chi connectivity index (χ0n) is 20.7. The second-order valence-corrected chi connectivity index (χ2v) is 8.30. The average molecular weight is 533 g/mol. The number of carbonyl (C=O) groups is 2. The van der Waals surface area contributed by atoms with Crippen molar-refractivity contribution in [2.75, 3.05) is 0 Å². The molecule has 5 aromatic heterocycles. The number of nitrogens with zero attached hydrogens (tertiary/aromatic N) is 7. The first-order valence-electron chi connectivity index (χ1n) is 11.9. The van der Waals surface area contributed by atoms with E-state index in [1.807, 2.05) is 19.9 Å². The summed E-state index contributed by atoms with van der Waals surface area (Å²) in [6, 6.07) is 12.1. The zero-order chi connectivity index (χ0) is 27.7. The van der Waals surface area contributed by atoms with Gasteiger partial charge in [-0.05, 0) is 42.3 Å². The molecule has 39 heavy (non-hydrogen) atoms. The van der Waals surface area contributed by atoms with Crippen molar-refractivity contribution in [3.63, 3.8) is 0 Å². The van der Waals surface area contributed by atoms with Crippen LogP contribution < -0.4 is 4.84 Å². The topological polar surface area (TPSA) is 129 Å². The van der Waals surface area contributed by atoms with Gasteiger partial charge in [0.25, 0.3) is 0 Å². The number of halogens is 2. The van der Waals surface area contributed by atoms with Gasteiger partial charge < -0.3 is 9.94 Å². The minimum absolute atomic E-state index is 0.104. The second-order valence-electron chi connectivity index (χ2n) is 8.30. The molecule has 5 heterocycles. The molecule has 13 heteroatoms. The van der Waals surface area contributed by atoms with E-state index in [1.165, 1.54) is 45.5 Å². The number of aromatic nitrogens is 7. The summed E-state index contributed by atoms with van der Waals surface area (Å²) in [5.74, 6) is -2.53. The van der Waals surface area contributed by atoms with Crippen molar-refractivity contribution < 1.29 is 28.3 Å². The number of pyridine rings is 2. The zero-order valence-corrected chi connectivity index (χ0v) is 20.7. The van der Waals surface area contributed by atoms with Gasteiger partial charge in [0.15, 0.2) is 11.4 Å². The van der Waals surface area contributed by atoms with Crippen LogP contribution in [0.25, 0.3) is 22.3 Å². The molecule has 0 bridgehead atoms. The van der Waals surface area contributed by atoms with Crippen LogP contribution in [0.15, 0.2) is 60.9 Å². The van der Waals surface area contributed by atoms with Crippen LogP contribution >= 0.6 is 0 Å². The highest BCUT2D eigenvalue weighted by Crippen LogP contribution is 2.17. The molecule has 6 rings (SSSR count). The molecular formula is C26H21F2N7O4. The third kappa shape index (κ3) is 4.77. The molecule has 1 N–H and O–H groups in total. The Labute approximate surface area is 218 Å². The molecule has 0 unspecified atom stereocenters. The second kappa shape index (κ2) is 10.3. The van der Waals surface area contributed by atoms with Gasteiger partial charge in [-0.3, -0.25) is 8.80 Å². The summed E-state index contributed by atoms with van der Waals surface area (Å²) in [6.07, 6.45) is 3.84. The molecule has 0 aliphatic heterocycles. The fourth-order valence-electron chi connectivity index (χ4n) is 4.11. The van der Waals surface area contributed by atoms with Crippen LogP contribution in [0.4, 0.5) is 8.78 Å². The number of fused-ring (bicyclic) bond motifs is 3. The molecule has 0 fully saturated rings. The first-order valence-corrected chi connectivity index (χ1v) is 11.9. The standard InChI is InChI=1S/C16H12FN5O2.C10H9FN2O2/c1-2-11-15(21-8-7-10(17)9-14(21)18-11)16(23)24-22-13-6-4-3-5-12(13)19-20-22;1-2-7-9(10(14)15)13-4-3-6(11)5-8(13)12-7/h3-9H,2H2,1H3;3-5H,2H2,1H3,(H,14,15). The Hall–Kier alpha value is -5.20. The first kappa shape index (κ1) is 25.4. The van der Waals surface area contributed by atoms with Crippen LogP contribution in [0.5, 0.6) is 0 Å². The van der Waals surface area contributed by atoms with Crippen LogP contribution in [0.1, 0.15) is 46.2 Å². The highest BCUT2D eigenvalue weighted by atomic mass is 19.1. The molecule has 0 aliphatic carbocycles. The van der Waals surface area contributed by atoms with Gasteiger partial charge in [0.05, 0.1) is 11.4 Å². The van der Waals surface area contributed by atoms with E-state index in [1.54, 1.807) is 18.2 Å². The van der Waals surface area contributed by atoms with Crippen LogP contribution in [-0.4, -0.2) is 51.0 Å². The quantitative estimate of drug-likeness (QED) is 0.332. The van der Waals surface area contributed by atoms with E-state index in [-0.39, 0.29) is 11.4 Å². The molecule has 0 amide bonds. The third-order valence-electron chi connectivity index (χ3n) is 5.88. The molecule has 198 valence electrons. The van der Waals surface area contributed by atoms with Gasteiger partial charge in [0.2, 0.25) is 0 Å². The van der Waals surface area contributed by atoms with Crippen molar-refractivity contribution in [1.29, 1.82) is 0 Å². The molecule has 11 nitrogen and oxygen atoms in total. The number of imidazole rings is 2. The molecule has 0 atom stereocenters. The monoisotopic (exact) mass is 533 g/mol. The number of hydrogen-bond acceptors (Lipinski definition) is 7. The summed E-state index contributed by atoms with van der Waals surface area (Å²) >= 11 is 0. The van der Waals surface area contributed by atoms with E-state index >= 15 is 0 Å². The number of para-hydroxylation sites is 1. The van der Waals surface area contributed by atoms with Crippen molar-refractivity contribution in [2.24, 2.45) is 0 Å². The fourth-order valence-corrected chi connectivity index (χ4v) is 4.11. The number of hydrogen-bond donors (Lipinski definition) is 1. The molecule has 6 aromatic rings. The van der Waals surface area contributed by atoms with Crippen molar-refractivity contribution in [2.45, 2.75) is 26.7 Å². The van der Waals surface area contributed by atoms with Crippen molar-refractivity contribution in [3.05, 3.63) is 95.3 Å². The Kier molecular flexibility index (Phi) is 6.71. The Balaban J connectivity index is 0.000000177. The summed E-state index contributed by atoms with van der Waals surface area (Å²) in [6.45, 7) is 3.67. The molecular weight excluding hydrogens is 512 g/mol. The van der Waals surface area contributed by atoms with Gasteiger partial charge in [0.1, 0.15) is 34.0 Å². The van der Waals surface area contributed by atoms with Crippen LogP contribution in [-0.2, 0) is 12.8 Å². The highest BCUT2D eigenvalue weighted by molar-refractivity contribution is 5.91. The van der Waals surface area contributed by atoms with Gasteiger partial charge >= 0.3 is 11.9 Å². The Morgan fingerprint density at radius 1 is 0.872 bits per heavy atom. The van der Waals surface area contributed by atoms with Crippen LogP contribution in [0.3, 0.4) is 0 Å². The van der Waals surface area contributed by atoms with E-state index in [9.17, 15) is 18.4 Å². The summed E-state index contributed by atoms with van der Waals surface area (Å²) in [4.78, 5) is 38.4. The van der Waals surface area contributed by atoms with Gasteiger partial charge in [-0.1, -0.05) is 30.8 Å². The van der Waals surface area contributed by atoms with Gasteiger partial charge in [-0.25, -0.2) is 28.3 Å². The predicted molar refractivity (Wildman–Crippen MR) is 134 cm³/mol. The van der Waals surface area contributed by atoms with E-state index in [0.29, 0.717) is 46.6 Å². The third-order valence-corrected chi connectivity index (χ3v) is 5.88. The maximum absolute atomic E-state index is 13.4. The van der Waals surface area contributed by atoms with Crippen molar-refractivity contribution >= 4 is 34.3 Å². The maximum atomic E-state index is 13.4. The molecule has 0 radical (unpaired) electrons. The van der Waals surface area contributed by atoms with Crippen molar-refractivity contribution in [3.8, 4) is 0 Å². The summed E-state index contributed by atoms with van der Waals surface area (Å²) in [7, 11) is 0. The van der Waals surface area contributed by atoms with Crippen LogP contribution in [0, 0.1) is 11.6 Å². The van der Waals surface area contributed by atoms with Gasteiger partial charge in [-0.15, -0.1) is 5.10 Å². The number of aryl methyl sites for hydroxylation is 2. The van der Waals surface area contributed by atoms with Crippen molar-refractivity contribution in [1.82, 2.24) is 33.9 Å². The SMILES string of the molecule is CCc1nc2cc(F)ccn2c1C(=O)O.CCc1nc2cc(F)ccn2c1C(=O)On1nnc2ccccc21. The fraction of sp³-hybridized carbons (Fsp3) is 0.154. The van der Waals surface area contributed by atoms with Crippen LogP contribution in [0.2, 0.25) is 0 Å². The lowest BCUT2D eigenvalue weighted by Gasteiger charge is -2.05. The first-order chi connectivity index (χ1) is 18.8. The number of benzene rings is 1. The van der Waals surface area contributed by atoms with Gasteiger partial charge in [-0.2, -0.15) is 0 Å². The van der Waals surface area contributed by atoms with Gasteiger partial charge in [0, 0.05) is 24.5 Å². The van der Waals surface area contributed by atoms with E-state index in [4.69, 9.17) is 9.94 Å². The lowest BCUT2D eigenvalue weighted by molar-refractivity contribution is 0.0399. The van der Waals surface area contributed by atoms with E-state index in [0.717, 1.165) is 4.85 Å². The number of carbonyl (C=O) groups excluding carboxylic acids is 1. The summed E-state index contributed by atoms with van der Waals surface area (Å²) in [5.41, 5.74) is 3.19. The summed E-state index contributed by atoms with van der Waals surface area (Å²) < 4.78 is 29.1. The largest absolute Gasteiger partial charge is 0.477 e. The molecule has 0 saturated heterocycles. The average Bonchev–Trinajstić information content (AvgIpc) is 3.61. The number of carboxylic acids is 1. The Morgan fingerprint density at radius 3 is 2.03 bits per heavy atom. The molecule has 0 spiro atoms. The Morgan fingerprint density at radius 2 is 1.44 bits per heavy atom. The molecule has 0 aliphatic rings. The highest BCUT2D eigenvalue weighted by Gasteiger charge is 2.22. The Bertz CT molecular complexity index is 1860. The number of carboxylic acid groups (broad SMARTS) is 1. The lowest BCUT2D eigenvalue weighted by atomic mass is 10.2. The summed E-state index contributed by atoms with van der Waals surface area (Å²) in [5, 5.41) is 16.8. The van der Waals surface area contributed by atoms with E-state index < -0.39 is 23.6 Å². The minimum Gasteiger partial charge on any atom is -0.477 e. The smallest absolute Gasteiger partial charge is 0.384 e. The lowest BCUT2D eigenvalue weighted by Crippen LogP contribution is -2.23. The molecule has 1 aromatic carbocycles. The minimum atomic E-state index is -1.05. The normalized spacial score (nSPS) is 11.1. The maximum Gasteiger partial charge on any atom is 0.384 e. The van der Waals surface area contributed by atoms with E-state index in [2.05, 4.69) is 20.3 Å². The predicted octanol–water partition coefficient (Wildman–Crippen LogP) is 3.78.